The molecule has 1 N–H and O–H groups in total. The van der Waals surface area contributed by atoms with Crippen molar-refractivity contribution >= 4 is 15.7 Å². The summed E-state index contributed by atoms with van der Waals surface area (Å²) in [6, 6.07) is -0.161. The van der Waals surface area contributed by atoms with Crippen molar-refractivity contribution in [2.24, 2.45) is 0 Å². The maximum atomic E-state index is 11.7. The lowest BCUT2D eigenvalue weighted by Crippen LogP contribution is -2.37. The number of aliphatic hydroxyl groups is 1. The summed E-state index contributed by atoms with van der Waals surface area (Å²) in [6.45, 7) is 0.0921. The van der Waals surface area contributed by atoms with Crippen molar-refractivity contribution in [1.29, 1.82) is 0 Å². The largest absolute Gasteiger partial charge is 0.396 e. The zero-order valence-corrected chi connectivity index (χ0v) is 10.4. The van der Waals surface area contributed by atoms with Gasteiger partial charge in [0.05, 0.1) is 11.5 Å². The Morgan fingerprint density at radius 1 is 1.44 bits per heavy atom. The van der Waals surface area contributed by atoms with Crippen molar-refractivity contribution in [2.45, 2.75) is 31.7 Å². The van der Waals surface area contributed by atoms with Crippen LogP contribution in [0.3, 0.4) is 0 Å². The second kappa shape index (κ2) is 5.63. The molecule has 1 rings (SSSR count). The molecule has 94 valence electrons. The molecule has 1 saturated heterocycles. The predicted octanol–water partition coefficient (Wildman–Crippen LogP) is -0.206. The third-order valence-electron chi connectivity index (χ3n) is 2.95. The van der Waals surface area contributed by atoms with Gasteiger partial charge in [-0.15, -0.1) is 0 Å². The number of amides is 1. The van der Waals surface area contributed by atoms with E-state index in [1.165, 1.54) is 0 Å². The second-order valence-corrected chi connectivity index (χ2v) is 6.47. The van der Waals surface area contributed by atoms with Crippen LogP contribution in [0.25, 0.3) is 0 Å². The number of carbonyl (C=O) groups excluding carboxylic acids is 1. The van der Waals surface area contributed by atoms with Gasteiger partial charge in [-0.3, -0.25) is 4.79 Å². The van der Waals surface area contributed by atoms with Crippen LogP contribution >= 0.6 is 0 Å². The number of hydrogen-bond acceptors (Lipinski definition) is 4. The molecule has 0 aliphatic carbocycles. The van der Waals surface area contributed by atoms with Gasteiger partial charge >= 0.3 is 0 Å². The number of carbonyl (C=O) groups is 1. The Morgan fingerprint density at radius 2 is 2.12 bits per heavy atom. The summed E-state index contributed by atoms with van der Waals surface area (Å²) in [5.74, 6) is 0.247. The standard InChI is InChI=1S/C10H19NO4S/c1-11(10(13)4-2-3-6-12)9-5-7-16(14,15)8-9/h9,12H,2-8H2,1H3. The molecule has 0 saturated carbocycles. The fourth-order valence-electron chi connectivity index (χ4n) is 1.85. The SMILES string of the molecule is CN(C(=O)CCCCO)C1CCS(=O)(=O)C1. The Morgan fingerprint density at radius 3 is 2.62 bits per heavy atom. The zero-order chi connectivity index (χ0) is 12.2. The molecule has 1 amide bonds. The van der Waals surface area contributed by atoms with Crippen LogP contribution in [0.5, 0.6) is 0 Å². The average molecular weight is 249 g/mol. The van der Waals surface area contributed by atoms with Crippen molar-refractivity contribution in [1.82, 2.24) is 4.90 Å². The van der Waals surface area contributed by atoms with E-state index in [2.05, 4.69) is 0 Å². The van der Waals surface area contributed by atoms with Gasteiger partial charge in [0.2, 0.25) is 5.91 Å². The third kappa shape index (κ3) is 3.75. The second-order valence-electron chi connectivity index (χ2n) is 4.24. The van der Waals surface area contributed by atoms with E-state index in [9.17, 15) is 13.2 Å². The van der Waals surface area contributed by atoms with E-state index in [4.69, 9.17) is 5.11 Å². The molecule has 1 heterocycles. The molecule has 6 heteroatoms. The quantitative estimate of drug-likeness (QED) is 0.684. The topological polar surface area (TPSA) is 74.7 Å². The monoisotopic (exact) mass is 249 g/mol. The Bertz CT molecular complexity index is 339. The molecule has 0 aromatic heterocycles. The first kappa shape index (κ1) is 13.4. The lowest BCUT2D eigenvalue weighted by Gasteiger charge is -2.23. The van der Waals surface area contributed by atoms with Gasteiger partial charge in [0.1, 0.15) is 0 Å². The van der Waals surface area contributed by atoms with Gasteiger partial charge in [0.15, 0.2) is 9.84 Å². The third-order valence-corrected chi connectivity index (χ3v) is 4.70. The minimum atomic E-state index is -2.93. The fraction of sp³-hybridized carbons (Fsp3) is 0.900. The number of nitrogens with zero attached hydrogens (tertiary/aromatic N) is 1. The number of sulfone groups is 1. The molecule has 0 aromatic carbocycles. The maximum Gasteiger partial charge on any atom is 0.222 e. The molecule has 5 nitrogen and oxygen atoms in total. The molecule has 1 aliphatic heterocycles. The molecule has 1 unspecified atom stereocenters. The number of hydrogen-bond donors (Lipinski definition) is 1. The summed E-state index contributed by atoms with van der Waals surface area (Å²) >= 11 is 0. The minimum Gasteiger partial charge on any atom is -0.396 e. The van der Waals surface area contributed by atoms with E-state index in [1.54, 1.807) is 11.9 Å². The highest BCUT2D eigenvalue weighted by molar-refractivity contribution is 7.91. The highest BCUT2D eigenvalue weighted by Crippen LogP contribution is 2.17. The van der Waals surface area contributed by atoms with Gasteiger partial charge in [-0.1, -0.05) is 0 Å². The fourth-order valence-corrected chi connectivity index (χ4v) is 3.62. The van der Waals surface area contributed by atoms with E-state index in [0.717, 1.165) is 0 Å². The highest BCUT2D eigenvalue weighted by Gasteiger charge is 2.32. The highest BCUT2D eigenvalue weighted by atomic mass is 32.2. The lowest BCUT2D eigenvalue weighted by atomic mass is 10.2. The summed E-state index contributed by atoms with van der Waals surface area (Å²) in [5.41, 5.74) is 0. The molecule has 16 heavy (non-hydrogen) atoms. The van der Waals surface area contributed by atoms with Crippen LogP contribution in [0.15, 0.2) is 0 Å². The first-order chi connectivity index (χ1) is 7.46. The van der Waals surface area contributed by atoms with Gasteiger partial charge in [0.25, 0.3) is 0 Å². The van der Waals surface area contributed by atoms with Gasteiger partial charge < -0.3 is 10.0 Å². The van der Waals surface area contributed by atoms with Crippen LogP contribution in [0.1, 0.15) is 25.7 Å². The van der Waals surface area contributed by atoms with Crippen LogP contribution in [-0.2, 0) is 14.6 Å². The van der Waals surface area contributed by atoms with Crippen molar-refractivity contribution < 1.29 is 18.3 Å². The average Bonchev–Trinajstić information content (AvgIpc) is 2.58. The molecule has 0 radical (unpaired) electrons. The number of aliphatic hydroxyl groups excluding tert-OH is 1. The van der Waals surface area contributed by atoms with Crippen molar-refractivity contribution in [3.8, 4) is 0 Å². The normalized spacial score (nSPS) is 23.2. The van der Waals surface area contributed by atoms with Crippen molar-refractivity contribution in [3.05, 3.63) is 0 Å². The lowest BCUT2D eigenvalue weighted by molar-refractivity contribution is -0.131. The van der Waals surface area contributed by atoms with Crippen LogP contribution < -0.4 is 0 Å². The smallest absolute Gasteiger partial charge is 0.222 e. The molecule has 0 aromatic rings. The molecule has 0 spiro atoms. The van der Waals surface area contributed by atoms with E-state index in [1.807, 2.05) is 0 Å². The van der Waals surface area contributed by atoms with E-state index < -0.39 is 9.84 Å². The van der Waals surface area contributed by atoms with Crippen LogP contribution in [0.4, 0.5) is 0 Å². The summed E-state index contributed by atoms with van der Waals surface area (Å²) in [7, 11) is -1.27. The van der Waals surface area contributed by atoms with Gasteiger partial charge in [-0.2, -0.15) is 0 Å². The van der Waals surface area contributed by atoms with Crippen LogP contribution in [0.2, 0.25) is 0 Å². The first-order valence-corrected chi connectivity index (χ1v) is 7.35. The zero-order valence-electron chi connectivity index (χ0n) is 9.55. The Labute approximate surface area is 96.4 Å². The van der Waals surface area contributed by atoms with Crippen LogP contribution in [-0.4, -0.2) is 55.5 Å². The van der Waals surface area contributed by atoms with Crippen molar-refractivity contribution in [3.63, 3.8) is 0 Å². The van der Waals surface area contributed by atoms with Crippen molar-refractivity contribution in [2.75, 3.05) is 25.2 Å². The Hall–Kier alpha value is -0.620. The van der Waals surface area contributed by atoms with Crippen LogP contribution in [0, 0.1) is 0 Å². The molecule has 1 atom stereocenters. The molecule has 1 fully saturated rings. The summed E-state index contributed by atoms with van der Waals surface area (Å²) in [4.78, 5) is 13.2. The number of unbranched alkanes of at least 4 members (excludes halogenated alkanes) is 1. The predicted molar refractivity (Wildman–Crippen MR) is 60.8 cm³/mol. The van der Waals surface area contributed by atoms with Gasteiger partial charge in [0, 0.05) is 26.1 Å². The van der Waals surface area contributed by atoms with Gasteiger partial charge in [-0.25, -0.2) is 8.42 Å². The summed E-state index contributed by atoms with van der Waals surface area (Å²) in [5, 5.41) is 8.59. The maximum absolute atomic E-state index is 11.7. The molecular formula is C10H19NO4S. The van der Waals surface area contributed by atoms with E-state index in [0.29, 0.717) is 25.7 Å². The summed E-state index contributed by atoms with van der Waals surface area (Å²) in [6.07, 6.45) is 2.19. The molecular weight excluding hydrogens is 230 g/mol. The Kier molecular flexibility index (Phi) is 4.73. The molecule has 1 aliphatic rings. The number of rotatable bonds is 5. The summed E-state index contributed by atoms with van der Waals surface area (Å²) < 4.78 is 22.5. The molecule has 0 bridgehead atoms. The van der Waals surface area contributed by atoms with E-state index in [-0.39, 0.29) is 30.1 Å². The minimum absolute atomic E-state index is 0.0319. The first-order valence-electron chi connectivity index (χ1n) is 5.53. The Balaban J connectivity index is 2.40. The van der Waals surface area contributed by atoms with E-state index >= 15 is 0 Å². The van der Waals surface area contributed by atoms with Gasteiger partial charge in [-0.05, 0) is 19.3 Å².